The van der Waals surface area contributed by atoms with Gasteiger partial charge in [-0.1, -0.05) is 59.8 Å². The highest BCUT2D eigenvalue weighted by Gasteiger charge is 2.25. The van der Waals surface area contributed by atoms with Gasteiger partial charge >= 0.3 is 0 Å². The van der Waals surface area contributed by atoms with Gasteiger partial charge in [-0.15, -0.1) is 0 Å². The Morgan fingerprint density at radius 3 is 2.21 bits per heavy atom. The molecule has 0 bridgehead atoms. The number of carbonyl (C=O) groups excluding carboxylic acids is 1. The van der Waals surface area contributed by atoms with Crippen LogP contribution in [0, 0.1) is 5.41 Å². The Morgan fingerprint density at radius 2 is 1.68 bits per heavy atom. The summed E-state index contributed by atoms with van der Waals surface area (Å²) in [5.74, 6) is 0.184. The molecule has 0 radical (unpaired) electrons. The quantitative estimate of drug-likeness (QED) is 0.596. The normalized spacial score (nSPS) is 13.3. The molecule has 0 rings (SSSR count). The lowest BCUT2D eigenvalue weighted by Crippen LogP contribution is -2.44. The zero-order chi connectivity index (χ0) is 14.7. The number of unbranched alkanes of at least 4 members (excludes halogenated alkanes) is 5. The molecular weight excluding hydrogens is 236 g/mol. The first-order valence-electron chi connectivity index (χ1n) is 7.91. The SMILES string of the molecule is CCCCCCCCC(=O)NC(CCN)C(C)(C)C. The van der Waals surface area contributed by atoms with Crippen LogP contribution in [0.2, 0.25) is 0 Å². The van der Waals surface area contributed by atoms with E-state index in [2.05, 4.69) is 33.0 Å². The van der Waals surface area contributed by atoms with Crippen molar-refractivity contribution in [3.05, 3.63) is 0 Å². The first-order valence-corrected chi connectivity index (χ1v) is 7.91. The van der Waals surface area contributed by atoms with Gasteiger partial charge in [0.15, 0.2) is 0 Å². The van der Waals surface area contributed by atoms with Crippen molar-refractivity contribution in [2.24, 2.45) is 11.1 Å². The van der Waals surface area contributed by atoms with E-state index in [0.29, 0.717) is 13.0 Å². The number of hydrogen-bond acceptors (Lipinski definition) is 2. The number of rotatable bonds is 10. The second kappa shape index (κ2) is 10.2. The Bertz CT molecular complexity index is 233. The molecule has 0 aromatic heterocycles. The van der Waals surface area contributed by atoms with Crippen LogP contribution in [0.15, 0.2) is 0 Å². The van der Waals surface area contributed by atoms with Gasteiger partial charge in [0.2, 0.25) is 5.91 Å². The van der Waals surface area contributed by atoms with Crippen LogP contribution in [-0.2, 0) is 4.79 Å². The van der Waals surface area contributed by atoms with E-state index in [1.165, 1.54) is 32.1 Å². The molecule has 0 aromatic carbocycles. The molecule has 0 saturated carbocycles. The second-order valence-electron chi connectivity index (χ2n) is 6.58. The zero-order valence-corrected chi connectivity index (χ0v) is 13.4. The summed E-state index contributed by atoms with van der Waals surface area (Å²) < 4.78 is 0. The molecule has 114 valence electrons. The molecule has 0 saturated heterocycles. The fourth-order valence-corrected chi connectivity index (χ4v) is 2.22. The van der Waals surface area contributed by atoms with E-state index >= 15 is 0 Å². The molecule has 3 nitrogen and oxygen atoms in total. The maximum atomic E-state index is 11.9. The van der Waals surface area contributed by atoms with Crippen LogP contribution in [0.5, 0.6) is 0 Å². The van der Waals surface area contributed by atoms with Crippen molar-refractivity contribution < 1.29 is 4.79 Å². The molecule has 1 amide bonds. The Morgan fingerprint density at radius 1 is 1.11 bits per heavy atom. The van der Waals surface area contributed by atoms with E-state index in [1.54, 1.807) is 0 Å². The number of nitrogens with one attached hydrogen (secondary N) is 1. The highest BCUT2D eigenvalue weighted by atomic mass is 16.1. The van der Waals surface area contributed by atoms with Crippen LogP contribution in [-0.4, -0.2) is 18.5 Å². The standard InChI is InChI=1S/C16H34N2O/c1-5-6-7-8-9-10-11-15(19)18-14(12-13-17)16(2,3)4/h14H,5-13,17H2,1-4H3,(H,18,19). The summed E-state index contributed by atoms with van der Waals surface area (Å²) in [7, 11) is 0. The molecule has 1 unspecified atom stereocenters. The van der Waals surface area contributed by atoms with E-state index in [1.807, 2.05) is 0 Å². The van der Waals surface area contributed by atoms with Crippen molar-refractivity contribution in [3.63, 3.8) is 0 Å². The van der Waals surface area contributed by atoms with Crippen molar-refractivity contribution >= 4 is 5.91 Å². The van der Waals surface area contributed by atoms with Crippen LogP contribution < -0.4 is 11.1 Å². The average molecular weight is 270 g/mol. The summed E-state index contributed by atoms with van der Waals surface area (Å²) in [5, 5.41) is 3.14. The fraction of sp³-hybridized carbons (Fsp3) is 0.938. The van der Waals surface area contributed by atoms with Gasteiger partial charge in [0, 0.05) is 12.5 Å². The Hall–Kier alpha value is -0.570. The first kappa shape index (κ1) is 18.4. The van der Waals surface area contributed by atoms with E-state index in [0.717, 1.165) is 12.8 Å². The summed E-state index contributed by atoms with van der Waals surface area (Å²) in [6.45, 7) is 9.30. The van der Waals surface area contributed by atoms with Crippen LogP contribution in [0.4, 0.5) is 0 Å². The monoisotopic (exact) mass is 270 g/mol. The molecule has 0 aliphatic heterocycles. The Labute approximate surface area is 119 Å². The van der Waals surface area contributed by atoms with Crippen LogP contribution in [0.1, 0.15) is 79.1 Å². The predicted molar refractivity (Wildman–Crippen MR) is 83.1 cm³/mol. The first-order chi connectivity index (χ1) is 8.91. The van der Waals surface area contributed by atoms with Crippen molar-refractivity contribution in [1.82, 2.24) is 5.32 Å². The van der Waals surface area contributed by atoms with Crippen molar-refractivity contribution in [1.29, 1.82) is 0 Å². The molecule has 19 heavy (non-hydrogen) atoms. The number of hydrogen-bond donors (Lipinski definition) is 2. The lowest BCUT2D eigenvalue weighted by Gasteiger charge is -2.31. The van der Waals surface area contributed by atoms with Crippen LogP contribution in [0.25, 0.3) is 0 Å². The van der Waals surface area contributed by atoms with Crippen molar-refractivity contribution in [3.8, 4) is 0 Å². The van der Waals surface area contributed by atoms with Gasteiger partial charge in [-0.05, 0) is 24.8 Å². The Kier molecular flexibility index (Phi) is 9.94. The van der Waals surface area contributed by atoms with Gasteiger partial charge < -0.3 is 11.1 Å². The zero-order valence-electron chi connectivity index (χ0n) is 13.4. The fourth-order valence-electron chi connectivity index (χ4n) is 2.22. The van der Waals surface area contributed by atoms with E-state index < -0.39 is 0 Å². The third-order valence-corrected chi connectivity index (χ3v) is 3.59. The van der Waals surface area contributed by atoms with Gasteiger partial charge in [-0.3, -0.25) is 4.79 Å². The maximum Gasteiger partial charge on any atom is 0.220 e. The summed E-state index contributed by atoms with van der Waals surface area (Å²) in [6.07, 6.45) is 8.83. The van der Waals surface area contributed by atoms with E-state index in [-0.39, 0.29) is 17.4 Å². The molecule has 0 aliphatic rings. The maximum absolute atomic E-state index is 11.9. The van der Waals surface area contributed by atoms with Crippen LogP contribution in [0.3, 0.4) is 0 Å². The molecule has 0 aliphatic carbocycles. The highest BCUT2D eigenvalue weighted by molar-refractivity contribution is 5.76. The molecule has 1 atom stereocenters. The minimum atomic E-state index is 0.0795. The molecule has 3 heteroatoms. The topological polar surface area (TPSA) is 55.1 Å². The lowest BCUT2D eigenvalue weighted by molar-refractivity contribution is -0.122. The third-order valence-electron chi connectivity index (χ3n) is 3.59. The van der Waals surface area contributed by atoms with Crippen LogP contribution >= 0.6 is 0 Å². The summed E-state index contributed by atoms with van der Waals surface area (Å²) in [4.78, 5) is 11.9. The molecule has 0 aromatic rings. The highest BCUT2D eigenvalue weighted by Crippen LogP contribution is 2.21. The molecule has 0 heterocycles. The van der Waals surface area contributed by atoms with Crippen molar-refractivity contribution in [2.45, 2.75) is 85.1 Å². The third kappa shape index (κ3) is 9.94. The molecular formula is C16H34N2O. The molecule has 3 N–H and O–H groups in total. The summed E-state index contributed by atoms with van der Waals surface area (Å²) in [5.41, 5.74) is 5.70. The minimum absolute atomic E-state index is 0.0795. The largest absolute Gasteiger partial charge is 0.353 e. The number of carbonyl (C=O) groups is 1. The van der Waals surface area contributed by atoms with Gasteiger partial charge in [0.1, 0.15) is 0 Å². The lowest BCUT2D eigenvalue weighted by atomic mass is 9.84. The van der Waals surface area contributed by atoms with Gasteiger partial charge in [0.25, 0.3) is 0 Å². The van der Waals surface area contributed by atoms with Gasteiger partial charge in [-0.25, -0.2) is 0 Å². The predicted octanol–water partition coefficient (Wildman–Crippen LogP) is 3.62. The van der Waals surface area contributed by atoms with Crippen molar-refractivity contribution in [2.75, 3.05) is 6.54 Å². The smallest absolute Gasteiger partial charge is 0.220 e. The molecule has 0 spiro atoms. The Balaban J connectivity index is 3.82. The average Bonchev–Trinajstić information content (AvgIpc) is 2.32. The number of amides is 1. The van der Waals surface area contributed by atoms with Gasteiger partial charge in [0.05, 0.1) is 0 Å². The van der Waals surface area contributed by atoms with E-state index in [9.17, 15) is 4.79 Å². The van der Waals surface area contributed by atoms with Gasteiger partial charge in [-0.2, -0.15) is 0 Å². The summed E-state index contributed by atoms with van der Waals surface area (Å²) in [6, 6.07) is 0.185. The summed E-state index contributed by atoms with van der Waals surface area (Å²) >= 11 is 0. The minimum Gasteiger partial charge on any atom is -0.353 e. The second-order valence-corrected chi connectivity index (χ2v) is 6.58. The number of nitrogens with two attached hydrogens (primary N) is 1. The molecule has 0 fully saturated rings. The van der Waals surface area contributed by atoms with E-state index in [4.69, 9.17) is 5.73 Å².